The summed E-state index contributed by atoms with van der Waals surface area (Å²) in [5.41, 5.74) is 13.4. The van der Waals surface area contributed by atoms with Gasteiger partial charge in [0.05, 0.1) is 10.4 Å². The van der Waals surface area contributed by atoms with E-state index in [-0.39, 0.29) is 0 Å². The SMILES string of the molecule is CC1CC=c2ccccc2=C1c1cccc(-c2ccc(N(c3cc(-c4ccccc4)cc(-c4ccccc4)c3)c3cccc4c3sc3ccccc34)cc2)c1. The summed E-state index contributed by atoms with van der Waals surface area (Å²) in [4.78, 5) is 2.46. The molecule has 0 fully saturated rings. The molecule has 1 heterocycles. The highest BCUT2D eigenvalue weighted by Gasteiger charge is 2.21. The molecule has 1 unspecified atom stereocenters. The van der Waals surface area contributed by atoms with Crippen LogP contribution < -0.4 is 15.3 Å². The maximum absolute atomic E-state index is 2.46. The minimum Gasteiger partial charge on any atom is -0.309 e. The fourth-order valence-electron chi connectivity index (χ4n) is 8.39. The summed E-state index contributed by atoms with van der Waals surface area (Å²) < 4.78 is 2.58. The van der Waals surface area contributed by atoms with Crippen molar-refractivity contribution < 1.29 is 0 Å². The molecule has 1 aliphatic rings. The summed E-state index contributed by atoms with van der Waals surface area (Å²) in [5.74, 6) is 0.463. The summed E-state index contributed by atoms with van der Waals surface area (Å²) in [5, 5.41) is 5.28. The number of rotatable bonds is 7. The van der Waals surface area contributed by atoms with E-state index in [1.54, 1.807) is 0 Å². The van der Waals surface area contributed by atoms with Crippen LogP contribution in [0.4, 0.5) is 17.1 Å². The molecular weight excluding hydrogens is 683 g/mol. The second kappa shape index (κ2) is 14.1. The van der Waals surface area contributed by atoms with E-state index in [1.807, 2.05) is 11.3 Å². The summed E-state index contributed by atoms with van der Waals surface area (Å²) >= 11 is 1.87. The number of thiophene rings is 1. The molecular formula is C53H39NS. The van der Waals surface area contributed by atoms with Crippen molar-refractivity contribution >= 4 is 60.2 Å². The minimum atomic E-state index is 0.463. The van der Waals surface area contributed by atoms with Crippen molar-refractivity contribution in [2.75, 3.05) is 4.90 Å². The average molecular weight is 722 g/mol. The second-order valence-corrected chi connectivity index (χ2v) is 15.6. The van der Waals surface area contributed by atoms with Crippen LogP contribution in [-0.4, -0.2) is 0 Å². The topological polar surface area (TPSA) is 3.24 Å². The first-order chi connectivity index (χ1) is 27.2. The van der Waals surface area contributed by atoms with Crippen molar-refractivity contribution in [1.29, 1.82) is 0 Å². The lowest BCUT2D eigenvalue weighted by atomic mass is 9.84. The lowest BCUT2D eigenvalue weighted by Crippen LogP contribution is -2.32. The fourth-order valence-corrected chi connectivity index (χ4v) is 9.59. The van der Waals surface area contributed by atoms with Gasteiger partial charge in [0, 0.05) is 26.8 Å². The van der Waals surface area contributed by atoms with Gasteiger partial charge in [-0.1, -0.05) is 159 Å². The molecule has 0 saturated heterocycles. The lowest BCUT2D eigenvalue weighted by molar-refractivity contribution is 0.774. The molecule has 1 nitrogen and oxygen atoms in total. The molecule has 0 amide bonds. The van der Waals surface area contributed by atoms with Gasteiger partial charge in [0.15, 0.2) is 0 Å². The molecule has 8 aromatic carbocycles. The zero-order valence-electron chi connectivity index (χ0n) is 30.7. The van der Waals surface area contributed by atoms with E-state index < -0.39 is 0 Å². The highest BCUT2D eigenvalue weighted by Crippen LogP contribution is 2.46. The highest BCUT2D eigenvalue weighted by atomic mass is 32.1. The van der Waals surface area contributed by atoms with Crippen molar-refractivity contribution in [2.24, 2.45) is 5.92 Å². The highest BCUT2D eigenvalue weighted by molar-refractivity contribution is 7.26. The zero-order chi connectivity index (χ0) is 36.7. The number of anilines is 3. The van der Waals surface area contributed by atoms with Gasteiger partial charge < -0.3 is 4.90 Å². The van der Waals surface area contributed by atoms with Crippen LogP contribution in [0.15, 0.2) is 194 Å². The maximum Gasteiger partial charge on any atom is 0.0640 e. The van der Waals surface area contributed by atoms with Crippen molar-refractivity contribution in [1.82, 2.24) is 0 Å². The van der Waals surface area contributed by atoms with Crippen LogP contribution in [0.25, 0.3) is 65.2 Å². The van der Waals surface area contributed by atoms with E-state index in [0.717, 1.165) is 17.8 Å². The van der Waals surface area contributed by atoms with E-state index in [0.29, 0.717) is 5.92 Å². The van der Waals surface area contributed by atoms with Gasteiger partial charge in [-0.2, -0.15) is 0 Å². The quantitative estimate of drug-likeness (QED) is 0.158. The van der Waals surface area contributed by atoms with Crippen molar-refractivity contribution in [2.45, 2.75) is 13.3 Å². The van der Waals surface area contributed by atoms with Crippen LogP contribution in [0.3, 0.4) is 0 Å². The first kappa shape index (κ1) is 33.1. The van der Waals surface area contributed by atoms with Crippen LogP contribution in [0.5, 0.6) is 0 Å². The largest absolute Gasteiger partial charge is 0.309 e. The van der Waals surface area contributed by atoms with Gasteiger partial charge in [0.1, 0.15) is 0 Å². The summed E-state index contributed by atoms with van der Waals surface area (Å²) in [6.45, 7) is 2.35. The van der Waals surface area contributed by atoms with Crippen molar-refractivity contribution in [3.8, 4) is 33.4 Å². The molecule has 9 aromatic rings. The molecule has 262 valence electrons. The minimum absolute atomic E-state index is 0.463. The van der Waals surface area contributed by atoms with Gasteiger partial charge in [-0.3, -0.25) is 0 Å². The summed E-state index contributed by atoms with van der Waals surface area (Å²) in [7, 11) is 0. The number of hydrogen-bond acceptors (Lipinski definition) is 2. The first-order valence-electron chi connectivity index (χ1n) is 19.1. The molecule has 0 aliphatic heterocycles. The van der Waals surface area contributed by atoms with Crippen LogP contribution in [0, 0.1) is 5.92 Å². The maximum atomic E-state index is 2.46. The first-order valence-corrected chi connectivity index (χ1v) is 20.0. The van der Waals surface area contributed by atoms with Crippen LogP contribution in [-0.2, 0) is 0 Å². The Morgan fingerprint density at radius 1 is 0.455 bits per heavy atom. The smallest absolute Gasteiger partial charge is 0.0640 e. The van der Waals surface area contributed by atoms with Gasteiger partial charge in [0.25, 0.3) is 0 Å². The fraction of sp³-hybridized carbons (Fsp3) is 0.0566. The van der Waals surface area contributed by atoms with Gasteiger partial charge in [-0.05, 0) is 116 Å². The third-order valence-electron chi connectivity index (χ3n) is 11.1. The lowest BCUT2D eigenvalue weighted by Gasteiger charge is -2.27. The molecule has 2 heteroatoms. The zero-order valence-corrected chi connectivity index (χ0v) is 31.5. The van der Waals surface area contributed by atoms with Crippen LogP contribution >= 0.6 is 11.3 Å². The predicted octanol–water partition coefficient (Wildman–Crippen LogP) is 13.5. The van der Waals surface area contributed by atoms with E-state index in [4.69, 9.17) is 0 Å². The van der Waals surface area contributed by atoms with Crippen LogP contribution in [0.1, 0.15) is 18.9 Å². The molecule has 55 heavy (non-hydrogen) atoms. The Balaban J connectivity index is 1.14. The van der Waals surface area contributed by atoms with E-state index in [1.165, 1.54) is 80.8 Å². The Hall–Kier alpha value is -6.48. The Labute approximate surface area is 326 Å². The third kappa shape index (κ3) is 6.15. The van der Waals surface area contributed by atoms with Gasteiger partial charge >= 0.3 is 0 Å². The van der Waals surface area contributed by atoms with Gasteiger partial charge in [0.2, 0.25) is 0 Å². The standard InChI is InChI=1S/C53H39NS/c1-36-26-27-40-18-8-9-21-47(40)52(36)42-20-12-19-41(32-42)39-28-30-45(31-29-39)54(50-24-13-23-49-48-22-10-11-25-51(48)55-53(49)50)46-34-43(37-14-4-2-5-15-37)33-44(35-46)38-16-6-3-7-17-38/h2-25,27-36H,26H2,1H3. The molecule has 0 saturated carbocycles. The Morgan fingerprint density at radius 2 is 1.04 bits per heavy atom. The normalized spacial score (nSPS) is 13.8. The molecule has 0 bridgehead atoms. The van der Waals surface area contributed by atoms with E-state index in [2.05, 4.69) is 212 Å². The monoisotopic (exact) mass is 721 g/mol. The summed E-state index contributed by atoms with van der Waals surface area (Å²) in [6.07, 6.45) is 3.45. The number of benzene rings is 8. The Kier molecular flexibility index (Phi) is 8.47. The molecule has 1 atom stereocenters. The van der Waals surface area contributed by atoms with Crippen molar-refractivity contribution in [3.63, 3.8) is 0 Å². The predicted molar refractivity (Wildman–Crippen MR) is 237 cm³/mol. The Bertz CT molecular complexity index is 2900. The Morgan fingerprint density at radius 3 is 1.80 bits per heavy atom. The van der Waals surface area contributed by atoms with Crippen molar-refractivity contribution in [3.05, 3.63) is 210 Å². The molecule has 1 aromatic heterocycles. The second-order valence-electron chi connectivity index (χ2n) is 14.6. The number of hydrogen-bond donors (Lipinski definition) is 0. The molecule has 10 rings (SSSR count). The number of nitrogens with zero attached hydrogens (tertiary/aromatic N) is 1. The average Bonchev–Trinajstić information content (AvgIpc) is 3.64. The van der Waals surface area contributed by atoms with E-state index >= 15 is 0 Å². The third-order valence-corrected chi connectivity index (χ3v) is 12.3. The number of fused-ring (bicyclic) bond motifs is 4. The molecule has 0 spiro atoms. The van der Waals surface area contributed by atoms with Gasteiger partial charge in [-0.25, -0.2) is 0 Å². The molecule has 0 N–H and O–H groups in total. The molecule has 0 radical (unpaired) electrons. The molecule has 1 aliphatic carbocycles. The van der Waals surface area contributed by atoms with Gasteiger partial charge in [-0.15, -0.1) is 11.3 Å². The van der Waals surface area contributed by atoms with E-state index in [9.17, 15) is 0 Å². The van der Waals surface area contributed by atoms with Crippen LogP contribution in [0.2, 0.25) is 0 Å². The summed E-state index contributed by atoms with van der Waals surface area (Å²) in [6, 6.07) is 71.2.